The summed E-state index contributed by atoms with van der Waals surface area (Å²) in [7, 11) is 0. The van der Waals surface area contributed by atoms with Gasteiger partial charge in [0, 0.05) is 25.7 Å². The quantitative estimate of drug-likeness (QED) is 0.243. The van der Waals surface area contributed by atoms with E-state index in [1.807, 2.05) is 54.1 Å². The minimum atomic E-state index is -1.35. The molecule has 0 radical (unpaired) electrons. The Hall–Kier alpha value is -4.11. The molecule has 4 aromatic rings. The first-order valence-corrected chi connectivity index (χ1v) is 12.5. The van der Waals surface area contributed by atoms with E-state index in [0.29, 0.717) is 18.7 Å². The number of hydrogen-bond acceptors (Lipinski definition) is 7. The summed E-state index contributed by atoms with van der Waals surface area (Å²) in [4.78, 5) is 13.2. The lowest BCUT2D eigenvalue weighted by molar-refractivity contribution is 0.144. The maximum Gasteiger partial charge on any atom is 0.511 e. The summed E-state index contributed by atoms with van der Waals surface area (Å²) in [5.74, 6) is 1.76. The lowest BCUT2D eigenvalue weighted by Crippen LogP contribution is -2.34. The van der Waals surface area contributed by atoms with Crippen LogP contribution in [0.5, 0.6) is 17.2 Å². The minimum absolute atomic E-state index is 0.236. The highest BCUT2D eigenvalue weighted by Crippen LogP contribution is 2.31. The summed E-state index contributed by atoms with van der Waals surface area (Å²) < 4.78 is 18.6. The number of benzene rings is 3. The number of nitrogens with zero attached hydrogens (tertiary/aromatic N) is 4. The maximum atomic E-state index is 10.8. The molecule has 9 heteroatoms. The molecule has 1 saturated heterocycles. The SMILES string of the molecule is CCOc1cc(CN2CCC(n3nnc4cc(OC(=O)O)ccc43)CC2)ccc1OCc1ccccc1. The van der Waals surface area contributed by atoms with E-state index in [-0.39, 0.29) is 11.8 Å². The van der Waals surface area contributed by atoms with Gasteiger partial charge in [-0.1, -0.05) is 41.6 Å². The molecule has 0 saturated carbocycles. The van der Waals surface area contributed by atoms with Crippen LogP contribution in [-0.4, -0.2) is 50.9 Å². The molecule has 37 heavy (non-hydrogen) atoms. The normalized spacial score (nSPS) is 14.5. The third-order valence-electron chi connectivity index (χ3n) is 6.50. The molecule has 0 spiro atoms. The van der Waals surface area contributed by atoms with Gasteiger partial charge in [-0.05, 0) is 55.2 Å². The Morgan fingerprint density at radius 1 is 0.973 bits per heavy atom. The van der Waals surface area contributed by atoms with Crippen LogP contribution in [0.4, 0.5) is 4.79 Å². The van der Waals surface area contributed by atoms with Crippen LogP contribution in [0.2, 0.25) is 0 Å². The van der Waals surface area contributed by atoms with Crippen LogP contribution >= 0.6 is 0 Å². The van der Waals surface area contributed by atoms with Crippen LogP contribution in [-0.2, 0) is 13.2 Å². The van der Waals surface area contributed by atoms with Crippen molar-refractivity contribution in [1.29, 1.82) is 0 Å². The van der Waals surface area contributed by atoms with Crippen LogP contribution in [0.25, 0.3) is 11.0 Å². The Morgan fingerprint density at radius 2 is 1.78 bits per heavy atom. The smallest absolute Gasteiger partial charge is 0.490 e. The number of piperidine rings is 1. The molecule has 1 aromatic heterocycles. The van der Waals surface area contributed by atoms with Crippen molar-refractivity contribution in [2.24, 2.45) is 0 Å². The highest BCUT2D eigenvalue weighted by molar-refractivity contribution is 5.77. The first-order chi connectivity index (χ1) is 18.1. The Labute approximate surface area is 215 Å². The third-order valence-corrected chi connectivity index (χ3v) is 6.50. The minimum Gasteiger partial charge on any atom is -0.490 e. The maximum absolute atomic E-state index is 10.8. The molecule has 0 amide bonds. The van der Waals surface area contributed by atoms with Crippen molar-refractivity contribution in [1.82, 2.24) is 19.9 Å². The molecule has 9 nitrogen and oxygen atoms in total. The van der Waals surface area contributed by atoms with Crippen LogP contribution < -0.4 is 14.2 Å². The number of aromatic nitrogens is 3. The van der Waals surface area contributed by atoms with Gasteiger partial charge in [0.1, 0.15) is 17.9 Å². The summed E-state index contributed by atoms with van der Waals surface area (Å²) in [5.41, 5.74) is 3.81. The number of ether oxygens (including phenoxy) is 3. The molecule has 3 aromatic carbocycles. The van der Waals surface area contributed by atoms with Gasteiger partial charge in [-0.2, -0.15) is 0 Å². The van der Waals surface area contributed by atoms with Gasteiger partial charge < -0.3 is 19.3 Å². The van der Waals surface area contributed by atoms with E-state index in [9.17, 15) is 4.79 Å². The second-order valence-corrected chi connectivity index (χ2v) is 9.05. The van der Waals surface area contributed by atoms with Crippen LogP contribution in [0.15, 0.2) is 66.7 Å². The Morgan fingerprint density at radius 3 is 2.54 bits per heavy atom. The van der Waals surface area contributed by atoms with Crippen LogP contribution in [0.3, 0.4) is 0 Å². The van der Waals surface area contributed by atoms with Crippen molar-refractivity contribution in [3.63, 3.8) is 0 Å². The Bertz CT molecular complexity index is 1350. The molecule has 0 unspecified atom stereocenters. The molecular weight excluding hydrogens is 472 g/mol. The third kappa shape index (κ3) is 6.00. The van der Waals surface area contributed by atoms with Gasteiger partial charge in [0.05, 0.1) is 18.2 Å². The fourth-order valence-corrected chi connectivity index (χ4v) is 4.71. The monoisotopic (exact) mass is 502 g/mol. The molecule has 1 fully saturated rings. The molecule has 0 bridgehead atoms. The molecule has 2 heterocycles. The number of fused-ring (bicyclic) bond motifs is 1. The van der Waals surface area contributed by atoms with Gasteiger partial charge in [-0.25, -0.2) is 9.48 Å². The van der Waals surface area contributed by atoms with Gasteiger partial charge in [0.25, 0.3) is 0 Å². The first kappa shape index (κ1) is 24.6. The van der Waals surface area contributed by atoms with Crippen molar-refractivity contribution in [2.75, 3.05) is 19.7 Å². The van der Waals surface area contributed by atoms with Gasteiger partial charge in [-0.3, -0.25) is 4.90 Å². The molecule has 1 aliphatic heterocycles. The zero-order valence-corrected chi connectivity index (χ0v) is 20.7. The number of likely N-dealkylation sites (tertiary alicyclic amines) is 1. The van der Waals surface area contributed by atoms with E-state index < -0.39 is 6.16 Å². The second-order valence-electron chi connectivity index (χ2n) is 9.05. The zero-order chi connectivity index (χ0) is 25.6. The molecule has 0 aliphatic carbocycles. The highest BCUT2D eigenvalue weighted by Gasteiger charge is 2.23. The predicted molar refractivity (Wildman–Crippen MR) is 138 cm³/mol. The number of rotatable bonds is 9. The molecular formula is C28H30N4O5. The average Bonchev–Trinajstić information content (AvgIpc) is 3.32. The van der Waals surface area contributed by atoms with E-state index in [4.69, 9.17) is 19.3 Å². The molecule has 1 N–H and O–H groups in total. The largest absolute Gasteiger partial charge is 0.511 e. The van der Waals surface area contributed by atoms with Gasteiger partial charge in [0.2, 0.25) is 0 Å². The number of carbonyl (C=O) groups is 1. The second kappa shape index (κ2) is 11.3. The zero-order valence-electron chi connectivity index (χ0n) is 20.7. The van der Waals surface area contributed by atoms with Gasteiger partial charge in [-0.15, -0.1) is 5.10 Å². The molecule has 1 aliphatic rings. The molecule has 0 atom stereocenters. The lowest BCUT2D eigenvalue weighted by Gasteiger charge is -2.32. The lowest BCUT2D eigenvalue weighted by atomic mass is 10.0. The topological polar surface area (TPSA) is 98.9 Å². The summed E-state index contributed by atoms with van der Waals surface area (Å²) in [5, 5.41) is 17.4. The summed E-state index contributed by atoms with van der Waals surface area (Å²) in [6.45, 7) is 5.75. The summed E-state index contributed by atoms with van der Waals surface area (Å²) in [6.07, 6.45) is 0.548. The average molecular weight is 503 g/mol. The fourth-order valence-electron chi connectivity index (χ4n) is 4.71. The molecule has 5 rings (SSSR count). The highest BCUT2D eigenvalue weighted by atomic mass is 16.7. The van der Waals surface area contributed by atoms with Crippen LogP contribution in [0.1, 0.15) is 36.9 Å². The van der Waals surface area contributed by atoms with E-state index in [1.54, 1.807) is 12.1 Å². The molecule has 192 valence electrons. The van der Waals surface area contributed by atoms with Crippen molar-refractivity contribution >= 4 is 17.2 Å². The van der Waals surface area contributed by atoms with Gasteiger partial charge in [0.15, 0.2) is 11.5 Å². The first-order valence-electron chi connectivity index (χ1n) is 12.5. The Kier molecular flexibility index (Phi) is 7.51. The number of carboxylic acid groups (broad SMARTS) is 1. The van der Waals surface area contributed by atoms with E-state index in [2.05, 4.69) is 27.3 Å². The summed E-state index contributed by atoms with van der Waals surface area (Å²) in [6, 6.07) is 21.6. The van der Waals surface area contributed by atoms with Crippen LogP contribution in [0, 0.1) is 0 Å². The number of hydrogen-bond donors (Lipinski definition) is 1. The van der Waals surface area contributed by atoms with E-state index in [0.717, 1.165) is 55.1 Å². The van der Waals surface area contributed by atoms with Crippen molar-refractivity contribution < 1.29 is 24.1 Å². The predicted octanol–water partition coefficient (Wildman–Crippen LogP) is 5.30. The summed E-state index contributed by atoms with van der Waals surface area (Å²) >= 11 is 0. The van der Waals surface area contributed by atoms with Crippen molar-refractivity contribution in [3.8, 4) is 17.2 Å². The fraction of sp³-hybridized carbons (Fsp3) is 0.321. The van der Waals surface area contributed by atoms with Crippen molar-refractivity contribution in [3.05, 3.63) is 77.9 Å². The van der Waals surface area contributed by atoms with Gasteiger partial charge >= 0.3 is 6.16 Å². The standard InChI is InChI=1S/C28H30N4O5/c1-2-35-27-16-21(8-11-26(27)36-19-20-6-4-3-5-7-20)18-31-14-12-22(13-15-31)32-25-10-9-23(37-28(33)34)17-24(25)29-30-32/h3-11,16-17,22H,2,12-15,18-19H2,1H3,(H,33,34). The van der Waals surface area contributed by atoms with E-state index >= 15 is 0 Å². The Balaban J connectivity index is 1.20. The van der Waals surface area contributed by atoms with Crippen molar-refractivity contribution in [2.45, 2.75) is 39.0 Å². The van der Waals surface area contributed by atoms with E-state index in [1.165, 1.54) is 5.56 Å².